The molecule has 0 aliphatic heterocycles. The van der Waals surface area contributed by atoms with Crippen LogP contribution in [0.1, 0.15) is 39.1 Å². The molecule has 0 saturated heterocycles. The first kappa shape index (κ1) is 40.0. The molecule has 46 heavy (non-hydrogen) atoms. The Labute approximate surface area is 269 Å². The highest BCUT2D eigenvalue weighted by Gasteiger charge is 2.21. The second-order valence-electron chi connectivity index (χ2n) is 9.32. The van der Waals surface area contributed by atoms with Gasteiger partial charge in [-0.2, -0.15) is 0 Å². The zero-order valence-electron chi connectivity index (χ0n) is 27.1. The summed E-state index contributed by atoms with van der Waals surface area (Å²) < 4.78 is 37.0. The molecule has 0 saturated carbocycles. The van der Waals surface area contributed by atoms with Gasteiger partial charge in [0.1, 0.15) is 12.4 Å². The number of rotatable bonds is 26. The molecule has 0 atom stereocenters. The van der Waals surface area contributed by atoms with Crippen LogP contribution in [0.2, 0.25) is 0 Å². The number of ether oxygens (including phenoxy) is 7. The topological polar surface area (TPSA) is 201 Å². The Morgan fingerprint density at radius 2 is 1.07 bits per heavy atom. The SMILES string of the molecule is CCOC(=O)CN(CC(=O)OCC)Cc1cc(OCCOCCOCCN=[N+]=[N-])cc(CN(CC(=O)OCC)CC(=O)OCC)n1. The predicted molar refractivity (Wildman–Crippen MR) is 162 cm³/mol. The van der Waals surface area contributed by atoms with Crippen LogP contribution >= 0.6 is 0 Å². The van der Waals surface area contributed by atoms with Crippen LogP contribution in [-0.4, -0.2) is 131 Å². The van der Waals surface area contributed by atoms with Crippen molar-refractivity contribution in [1.82, 2.24) is 14.8 Å². The standard InChI is InChI=1S/C29H46N6O11/c1-5-42-26(36)19-34(20-27(37)43-6-2)17-23-15-25(46-14-13-41-12-11-40-10-9-31-33-30)16-24(32-23)18-35(21-28(38)44-7-3)22-29(39)45-8-4/h15-16H,5-14,17-22H2,1-4H3. The first-order valence-electron chi connectivity index (χ1n) is 15.1. The Bertz CT molecular complexity index is 1010. The number of azide groups is 1. The molecule has 1 aromatic rings. The monoisotopic (exact) mass is 654 g/mol. The van der Waals surface area contributed by atoms with Gasteiger partial charge in [0.15, 0.2) is 0 Å². The van der Waals surface area contributed by atoms with Crippen LogP contribution in [-0.2, 0) is 60.7 Å². The van der Waals surface area contributed by atoms with E-state index in [1.54, 1.807) is 39.8 Å². The van der Waals surface area contributed by atoms with Crippen molar-refractivity contribution in [2.45, 2.75) is 40.8 Å². The highest BCUT2D eigenvalue weighted by Crippen LogP contribution is 2.18. The van der Waals surface area contributed by atoms with Crippen molar-refractivity contribution in [3.8, 4) is 5.75 Å². The van der Waals surface area contributed by atoms with E-state index in [9.17, 15) is 19.2 Å². The third-order valence-electron chi connectivity index (χ3n) is 5.58. The molecule has 0 bridgehead atoms. The maximum atomic E-state index is 12.3. The summed E-state index contributed by atoms with van der Waals surface area (Å²) in [5.74, 6) is -1.67. The number of carbonyl (C=O) groups is 4. The molecule has 17 nitrogen and oxygen atoms in total. The fourth-order valence-electron chi connectivity index (χ4n) is 3.91. The lowest BCUT2D eigenvalue weighted by molar-refractivity contribution is -0.150. The molecule has 1 rings (SSSR count). The predicted octanol–water partition coefficient (Wildman–Crippen LogP) is 1.66. The molecule has 0 aromatic carbocycles. The van der Waals surface area contributed by atoms with Gasteiger partial charge in [-0.25, -0.2) is 0 Å². The van der Waals surface area contributed by atoms with Gasteiger partial charge >= 0.3 is 23.9 Å². The summed E-state index contributed by atoms with van der Waals surface area (Å²) in [4.78, 5) is 59.6. The molecular weight excluding hydrogens is 608 g/mol. The summed E-state index contributed by atoms with van der Waals surface area (Å²) >= 11 is 0. The van der Waals surface area contributed by atoms with Crippen LogP contribution in [0.4, 0.5) is 0 Å². The van der Waals surface area contributed by atoms with Crippen LogP contribution < -0.4 is 4.74 Å². The van der Waals surface area contributed by atoms with Crippen molar-refractivity contribution in [3.63, 3.8) is 0 Å². The largest absolute Gasteiger partial charge is 0.491 e. The molecule has 1 heterocycles. The van der Waals surface area contributed by atoms with Crippen LogP contribution in [0.5, 0.6) is 5.75 Å². The van der Waals surface area contributed by atoms with Gasteiger partial charge in [0.25, 0.3) is 0 Å². The molecule has 0 unspecified atom stereocenters. The van der Waals surface area contributed by atoms with Gasteiger partial charge < -0.3 is 33.2 Å². The minimum absolute atomic E-state index is 0.0568. The number of aromatic nitrogens is 1. The Kier molecular flexibility index (Phi) is 21.9. The minimum Gasteiger partial charge on any atom is -0.491 e. The van der Waals surface area contributed by atoms with Crippen LogP contribution in [0, 0.1) is 0 Å². The smallest absolute Gasteiger partial charge is 0.320 e. The molecule has 1 aromatic heterocycles. The van der Waals surface area contributed by atoms with Gasteiger partial charge in [0, 0.05) is 36.7 Å². The third-order valence-corrected chi connectivity index (χ3v) is 5.58. The van der Waals surface area contributed by atoms with E-state index in [1.807, 2.05) is 0 Å². The highest BCUT2D eigenvalue weighted by molar-refractivity contribution is 5.75. The fourth-order valence-corrected chi connectivity index (χ4v) is 3.91. The number of hydrogen-bond donors (Lipinski definition) is 0. The Hall–Kier alpha value is -4.02. The van der Waals surface area contributed by atoms with Gasteiger partial charge in [-0.05, 0) is 33.2 Å². The van der Waals surface area contributed by atoms with Crippen LogP contribution in [0.3, 0.4) is 0 Å². The third kappa shape index (κ3) is 19.4. The zero-order chi connectivity index (χ0) is 34.0. The number of pyridine rings is 1. The summed E-state index contributed by atoms with van der Waals surface area (Å²) in [6.07, 6.45) is 0. The quantitative estimate of drug-likeness (QED) is 0.0348. The molecule has 17 heteroatoms. The number of esters is 4. The average Bonchev–Trinajstić information content (AvgIpc) is 2.98. The molecule has 0 radical (unpaired) electrons. The maximum Gasteiger partial charge on any atom is 0.320 e. The van der Waals surface area contributed by atoms with Crippen molar-refractivity contribution in [2.75, 3.05) is 92.2 Å². The van der Waals surface area contributed by atoms with Crippen molar-refractivity contribution in [2.24, 2.45) is 5.11 Å². The second kappa shape index (κ2) is 25.2. The second-order valence-corrected chi connectivity index (χ2v) is 9.32. The van der Waals surface area contributed by atoms with Gasteiger partial charge in [0.05, 0.1) is 90.4 Å². The summed E-state index contributed by atoms with van der Waals surface area (Å²) in [6.45, 7) is 8.37. The lowest BCUT2D eigenvalue weighted by Crippen LogP contribution is -2.37. The van der Waals surface area contributed by atoms with E-state index in [0.29, 0.717) is 37.0 Å². The molecule has 0 fully saturated rings. The minimum atomic E-state index is -0.520. The van der Waals surface area contributed by atoms with Crippen LogP contribution in [0.15, 0.2) is 17.2 Å². The van der Waals surface area contributed by atoms with Crippen molar-refractivity contribution < 1.29 is 52.3 Å². The van der Waals surface area contributed by atoms with Gasteiger partial charge in [0.2, 0.25) is 0 Å². The summed E-state index contributed by atoms with van der Waals surface area (Å²) in [5.41, 5.74) is 9.17. The molecule has 0 aliphatic rings. The molecular formula is C29H46N6O11. The van der Waals surface area contributed by atoms with Crippen molar-refractivity contribution in [3.05, 3.63) is 34.0 Å². The van der Waals surface area contributed by atoms with E-state index in [2.05, 4.69) is 15.0 Å². The van der Waals surface area contributed by atoms with Gasteiger partial charge in [-0.3, -0.25) is 34.0 Å². The van der Waals surface area contributed by atoms with Gasteiger partial charge in [-0.1, -0.05) is 5.11 Å². The van der Waals surface area contributed by atoms with E-state index in [4.69, 9.17) is 38.7 Å². The summed E-state index contributed by atoms with van der Waals surface area (Å²) in [6, 6.07) is 3.32. The first-order valence-corrected chi connectivity index (χ1v) is 15.1. The fraction of sp³-hybridized carbons (Fsp3) is 0.690. The van der Waals surface area contributed by atoms with E-state index >= 15 is 0 Å². The molecule has 0 N–H and O–H groups in total. The van der Waals surface area contributed by atoms with Crippen molar-refractivity contribution in [1.29, 1.82) is 0 Å². The number of nitrogens with zero attached hydrogens (tertiary/aromatic N) is 6. The average molecular weight is 655 g/mol. The Morgan fingerprint density at radius 3 is 1.46 bits per heavy atom. The van der Waals surface area contributed by atoms with Gasteiger partial charge in [-0.15, -0.1) is 0 Å². The molecule has 258 valence electrons. The summed E-state index contributed by atoms with van der Waals surface area (Å²) in [5, 5.41) is 3.38. The van der Waals surface area contributed by atoms with Crippen LogP contribution in [0.25, 0.3) is 10.4 Å². The first-order chi connectivity index (χ1) is 22.2. The maximum absolute atomic E-state index is 12.3. The lowest BCUT2D eigenvalue weighted by Gasteiger charge is -2.22. The normalized spacial score (nSPS) is 10.7. The Balaban J connectivity index is 3.15. The van der Waals surface area contributed by atoms with Crippen molar-refractivity contribution >= 4 is 23.9 Å². The van der Waals surface area contributed by atoms with E-state index < -0.39 is 23.9 Å². The number of hydrogen-bond acceptors (Lipinski definition) is 15. The Morgan fingerprint density at radius 1 is 0.674 bits per heavy atom. The van der Waals surface area contributed by atoms with E-state index in [-0.39, 0.29) is 85.5 Å². The van der Waals surface area contributed by atoms with E-state index in [0.717, 1.165) is 0 Å². The van der Waals surface area contributed by atoms with E-state index in [1.165, 1.54) is 9.80 Å². The highest BCUT2D eigenvalue weighted by atomic mass is 16.6. The zero-order valence-corrected chi connectivity index (χ0v) is 27.1. The molecule has 0 aliphatic carbocycles. The summed E-state index contributed by atoms with van der Waals surface area (Å²) in [7, 11) is 0. The number of carbonyl (C=O) groups excluding carboxylic acids is 4. The molecule has 0 spiro atoms. The lowest BCUT2D eigenvalue weighted by atomic mass is 10.2. The molecule has 0 amide bonds.